The molecular weight excluding hydrogens is 314 g/mol. The minimum absolute atomic E-state index is 0.0441. The van der Waals surface area contributed by atoms with Crippen LogP contribution in [-0.4, -0.2) is 23.9 Å². The SMILES string of the molecule is O=C1CC[C@@H](NC(=O)c2c(F)ccc(F)c2Cl)[C@H](C2CC2)N1. The molecule has 0 unspecified atom stereocenters. The monoisotopic (exact) mass is 328 g/mol. The summed E-state index contributed by atoms with van der Waals surface area (Å²) in [6.07, 6.45) is 2.76. The van der Waals surface area contributed by atoms with E-state index in [1.807, 2.05) is 0 Å². The summed E-state index contributed by atoms with van der Waals surface area (Å²) < 4.78 is 27.2. The lowest BCUT2D eigenvalue weighted by molar-refractivity contribution is -0.124. The normalized spacial score (nSPS) is 24.8. The molecule has 2 fully saturated rings. The lowest BCUT2D eigenvalue weighted by atomic mass is 9.94. The van der Waals surface area contributed by atoms with Crippen molar-refractivity contribution in [3.05, 3.63) is 34.4 Å². The summed E-state index contributed by atoms with van der Waals surface area (Å²) in [7, 11) is 0. The van der Waals surface area contributed by atoms with Gasteiger partial charge in [0.05, 0.1) is 22.7 Å². The molecule has 7 heteroatoms. The summed E-state index contributed by atoms with van der Waals surface area (Å²) in [6, 6.07) is 1.30. The van der Waals surface area contributed by atoms with Crippen LogP contribution in [0.1, 0.15) is 36.0 Å². The standard InChI is InChI=1S/C15H15ClF2N2O2/c16-13-9(18)4-3-8(17)12(13)15(22)19-10-5-6-11(21)20-14(10)7-1-2-7/h3-4,7,10,14H,1-2,5-6H2,(H,19,22)(H,20,21)/t10-,14+/m1/s1. The molecule has 3 rings (SSSR count). The quantitative estimate of drug-likeness (QED) is 0.837. The van der Waals surface area contributed by atoms with Crippen molar-refractivity contribution in [1.29, 1.82) is 0 Å². The average molecular weight is 329 g/mol. The minimum atomic E-state index is -0.869. The molecule has 1 aliphatic carbocycles. The number of piperidine rings is 1. The Kier molecular flexibility index (Phi) is 4.04. The van der Waals surface area contributed by atoms with Crippen molar-refractivity contribution >= 4 is 23.4 Å². The molecule has 2 amide bonds. The summed E-state index contributed by atoms with van der Waals surface area (Å²) in [5.41, 5.74) is -0.492. The Labute approximate surface area is 131 Å². The van der Waals surface area contributed by atoms with Crippen molar-refractivity contribution < 1.29 is 18.4 Å². The molecule has 0 radical (unpaired) electrons. The van der Waals surface area contributed by atoms with Gasteiger partial charge in [0, 0.05) is 6.42 Å². The van der Waals surface area contributed by atoms with Gasteiger partial charge in [0.2, 0.25) is 5.91 Å². The van der Waals surface area contributed by atoms with Crippen LogP contribution in [0.4, 0.5) is 8.78 Å². The molecule has 118 valence electrons. The van der Waals surface area contributed by atoms with Gasteiger partial charge in [-0.1, -0.05) is 11.6 Å². The van der Waals surface area contributed by atoms with Gasteiger partial charge in [-0.05, 0) is 37.3 Å². The molecule has 0 bridgehead atoms. The predicted octanol–water partition coefficient (Wildman–Crippen LogP) is 2.41. The van der Waals surface area contributed by atoms with Crippen molar-refractivity contribution in [3.63, 3.8) is 0 Å². The van der Waals surface area contributed by atoms with Crippen molar-refractivity contribution in [2.45, 2.75) is 37.8 Å². The zero-order chi connectivity index (χ0) is 15.9. The second kappa shape index (κ2) is 5.83. The fraction of sp³-hybridized carbons (Fsp3) is 0.467. The van der Waals surface area contributed by atoms with Gasteiger partial charge >= 0.3 is 0 Å². The zero-order valence-corrected chi connectivity index (χ0v) is 12.4. The van der Waals surface area contributed by atoms with Crippen molar-refractivity contribution in [2.24, 2.45) is 5.92 Å². The van der Waals surface area contributed by atoms with E-state index in [0.717, 1.165) is 25.0 Å². The summed E-state index contributed by atoms with van der Waals surface area (Å²) >= 11 is 5.70. The molecule has 1 heterocycles. The first kappa shape index (κ1) is 15.2. The van der Waals surface area contributed by atoms with Gasteiger partial charge < -0.3 is 10.6 Å². The van der Waals surface area contributed by atoms with E-state index in [2.05, 4.69) is 10.6 Å². The Morgan fingerprint density at radius 2 is 1.91 bits per heavy atom. The van der Waals surface area contributed by atoms with E-state index < -0.39 is 28.1 Å². The summed E-state index contributed by atoms with van der Waals surface area (Å²) in [5.74, 6) is -2.18. The van der Waals surface area contributed by atoms with Gasteiger partial charge in [0.15, 0.2) is 0 Å². The first-order chi connectivity index (χ1) is 10.5. The molecule has 1 saturated heterocycles. The Morgan fingerprint density at radius 1 is 1.23 bits per heavy atom. The maximum atomic E-state index is 13.8. The largest absolute Gasteiger partial charge is 0.351 e. The van der Waals surface area contributed by atoms with Gasteiger partial charge in [-0.2, -0.15) is 0 Å². The van der Waals surface area contributed by atoms with E-state index in [1.54, 1.807) is 0 Å². The Morgan fingerprint density at radius 3 is 2.59 bits per heavy atom. The third-order valence-electron chi connectivity index (χ3n) is 4.16. The van der Waals surface area contributed by atoms with Crippen LogP contribution in [0.25, 0.3) is 0 Å². The Hall–Kier alpha value is -1.69. The third kappa shape index (κ3) is 2.92. The highest BCUT2D eigenvalue weighted by atomic mass is 35.5. The highest BCUT2D eigenvalue weighted by Crippen LogP contribution is 2.36. The second-order valence-electron chi connectivity index (χ2n) is 5.77. The molecule has 1 aromatic carbocycles. The number of carbonyl (C=O) groups is 2. The number of hydrogen-bond acceptors (Lipinski definition) is 2. The molecule has 2 atom stereocenters. The Bertz CT molecular complexity index is 634. The van der Waals surface area contributed by atoms with Crippen LogP contribution >= 0.6 is 11.6 Å². The van der Waals surface area contributed by atoms with E-state index in [0.29, 0.717) is 18.8 Å². The first-order valence-corrected chi connectivity index (χ1v) is 7.59. The number of halogens is 3. The molecule has 2 N–H and O–H groups in total. The summed E-state index contributed by atoms with van der Waals surface area (Å²) in [6.45, 7) is 0. The fourth-order valence-electron chi connectivity index (χ4n) is 2.86. The van der Waals surface area contributed by atoms with Gasteiger partial charge in [0.1, 0.15) is 11.6 Å². The molecule has 4 nitrogen and oxygen atoms in total. The van der Waals surface area contributed by atoms with E-state index in [-0.39, 0.29) is 18.0 Å². The van der Waals surface area contributed by atoms with Crippen LogP contribution in [0.5, 0.6) is 0 Å². The maximum absolute atomic E-state index is 13.8. The minimum Gasteiger partial charge on any atom is -0.351 e. The van der Waals surface area contributed by atoms with Gasteiger partial charge in [-0.15, -0.1) is 0 Å². The van der Waals surface area contributed by atoms with Crippen LogP contribution in [0.15, 0.2) is 12.1 Å². The number of nitrogens with one attached hydrogen (secondary N) is 2. The average Bonchev–Trinajstić information content (AvgIpc) is 3.30. The van der Waals surface area contributed by atoms with E-state index in [4.69, 9.17) is 11.6 Å². The summed E-state index contributed by atoms with van der Waals surface area (Å²) in [5, 5.41) is 5.04. The van der Waals surface area contributed by atoms with E-state index in [1.165, 1.54) is 0 Å². The van der Waals surface area contributed by atoms with Gasteiger partial charge in [-0.25, -0.2) is 8.78 Å². The maximum Gasteiger partial charge on any atom is 0.256 e. The Balaban J connectivity index is 1.79. The molecule has 1 saturated carbocycles. The molecule has 1 aromatic rings. The molecule has 0 spiro atoms. The van der Waals surface area contributed by atoms with E-state index >= 15 is 0 Å². The second-order valence-corrected chi connectivity index (χ2v) is 6.15. The number of benzene rings is 1. The number of carbonyl (C=O) groups excluding carboxylic acids is 2. The molecular formula is C15H15ClF2N2O2. The van der Waals surface area contributed by atoms with Crippen LogP contribution < -0.4 is 10.6 Å². The van der Waals surface area contributed by atoms with Crippen LogP contribution in [0.3, 0.4) is 0 Å². The molecule has 2 aliphatic rings. The van der Waals surface area contributed by atoms with Gasteiger partial charge in [0.25, 0.3) is 5.91 Å². The fourth-order valence-corrected chi connectivity index (χ4v) is 3.10. The van der Waals surface area contributed by atoms with Gasteiger partial charge in [-0.3, -0.25) is 9.59 Å². The van der Waals surface area contributed by atoms with Crippen LogP contribution in [-0.2, 0) is 4.79 Å². The molecule has 22 heavy (non-hydrogen) atoms. The van der Waals surface area contributed by atoms with Crippen LogP contribution in [0.2, 0.25) is 5.02 Å². The number of rotatable bonds is 3. The lowest BCUT2D eigenvalue weighted by Crippen LogP contribution is -2.56. The lowest BCUT2D eigenvalue weighted by Gasteiger charge is -2.33. The number of amides is 2. The van der Waals surface area contributed by atoms with Crippen LogP contribution in [0, 0.1) is 17.6 Å². The highest BCUT2D eigenvalue weighted by molar-refractivity contribution is 6.34. The van der Waals surface area contributed by atoms with Crippen molar-refractivity contribution in [1.82, 2.24) is 10.6 Å². The number of hydrogen-bond donors (Lipinski definition) is 2. The zero-order valence-electron chi connectivity index (χ0n) is 11.7. The summed E-state index contributed by atoms with van der Waals surface area (Å²) in [4.78, 5) is 23.8. The molecule has 1 aliphatic heterocycles. The highest BCUT2D eigenvalue weighted by Gasteiger charge is 2.41. The van der Waals surface area contributed by atoms with Crippen molar-refractivity contribution in [3.8, 4) is 0 Å². The topological polar surface area (TPSA) is 58.2 Å². The van der Waals surface area contributed by atoms with Crippen molar-refractivity contribution in [2.75, 3.05) is 0 Å². The first-order valence-electron chi connectivity index (χ1n) is 7.21. The smallest absolute Gasteiger partial charge is 0.256 e. The van der Waals surface area contributed by atoms with E-state index in [9.17, 15) is 18.4 Å². The molecule has 0 aromatic heterocycles. The predicted molar refractivity (Wildman–Crippen MR) is 76.5 cm³/mol. The third-order valence-corrected chi connectivity index (χ3v) is 4.53.